The zero-order chi connectivity index (χ0) is 7.68. The van der Waals surface area contributed by atoms with Crippen molar-refractivity contribution in [3.05, 3.63) is 35.9 Å². The van der Waals surface area contributed by atoms with Crippen molar-refractivity contribution < 1.29 is 4.98 Å². The van der Waals surface area contributed by atoms with Crippen molar-refractivity contribution in [2.75, 3.05) is 0 Å². The number of hydrogen-bond acceptors (Lipinski definition) is 1. The molecule has 1 aromatic heterocycles. The third-order valence-corrected chi connectivity index (χ3v) is 2.61. The van der Waals surface area contributed by atoms with E-state index in [-0.39, 0.29) is 0 Å². The van der Waals surface area contributed by atoms with E-state index in [2.05, 4.69) is 23.7 Å². The molecule has 54 valence electrons. The van der Waals surface area contributed by atoms with Crippen molar-refractivity contribution in [3.63, 3.8) is 0 Å². The van der Waals surface area contributed by atoms with E-state index in [1.54, 1.807) is 11.3 Å². The van der Waals surface area contributed by atoms with Crippen LogP contribution in [0.5, 0.6) is 0 Å². The molecule has 1 heterocycles. The van der Waals surface area contributed by atoms with Crippen LogP contribution >= 0.6 is 11.3 Å². The van der Waals surface area contributed by atoms with Crippen LogP contribution in [-0.4, -0.2) is 0 Å². The lowest BCUT2D eigenvalue weighted by molar-refractivity contribution is -0.340. The van der Waals surface area contributed by atoms with Gasteiger partial charge in [-0.1, -0.05) is 30.0 Å². The number of aromatic amines is 1. The number of rotatable bonds is 1. The van der Waals surface area contributed by atoms with Gasteiger partial charge in [0.2, 0.25) is 5.52 Å². The molecular weight excluding hydrogens is 154 g/mol. The van der Waals surface area contributed by atoms with E-state index in [9.17, 15) is 0 Å². The van der Waals surface area contributed by atoms with Crippen LogP contribution in [0.2, 0.25) is 0 Å². The second-order valence-corrected chi connectivity index (χ2v) is 3.38. The Kier molecular flexibility index (Phi) is 1.47. The summed E-state index contributed by atoms with van der Waals surface area (Å²) in [5.74, 6) is 0. The highest BCUT2D eigenvalue weighted by Gasteiger charge is 2.04. The second-order valence-electron chi connectivity index (χ2n) is 2.29. The number of benzene rings is 1. The minimum atomic E-state index is 1.12. The lowest BCUT2D eigenvalue weighted by Gasteiger charge is -1.75. The molecule has 1 nitrogen and oxygen atoms in total. The van der Waals surface area contributed by atoms with Gasteiger partial charge in [0.1, 0.15) is 4.70 Å². The molecule has 2 heteroatoms. The van der Waals surface area contributed by atoms with Crippen molar-refractivity contribution >= 4 is 27.6 Å². The molecule has 0 unspecified atom stereocenters. The molecule has 0 bridgehead atoms. The molecule has 1 aromatic carbocycles. The number of para-hydroxylation sites is 1. The molecule has 0 atom stereocenters. The van der Waals surface area contributed by atoms with Crippen molar-refractivity contribution in [1.29, 1.82) is 0 Å². The van der Waals surface area contributed by atoms with E-state index in [4.69, 9.17) is 0 Å². The van der Waals surface area contributed by atoms with E-state index < -0.39 is 0 Å². The quantitative estimate of drug-likeness (QED) is 0.611. The number of aromatic nitrogens is 1. The molecule has 1 N–H and O–H groups in total. The van der Waals surface area contributed by atoms with Crippen LogP contribution < -0.4 is 4.98 Å². The molecule has 0 fully saturated rings. The smallest absolute Gasteiger partial charge is 0.195 e. The van der Waals surface area contributed by atoms with E-state index in [1.165, 1.54) is 10.2 Å². The Morgan fingerprint density at radius 3 is 2.91 bits per heavy atom. The van der Waals surface area contributed by atoms with E-state index in [1.807, 2.05) is 18.2 Å². The molecule has 2 rings (SSSR count). The largest absolute Gasteiger partial charge is 0.260 e. The topological polar surface area (TPSA) is 14.1 Å². The molecule has 0 radical (unpaired) electrons. The highest BCUT2D eigenvalue weighted by Crippen LogP contribution is 2.17. The molecule has 11 heavy (non-hydrogen) atoms. The molecule has 2 aromatic rings. The van der Waals surface area contributed by atoms with Gasteiger partial charge in [-0.2, -0.15) is 4.98 Å². The SMILES string of the molecule is C=Cc1[nH+]c2ccccc2s1. The van der Waals surface area contributed by atoms with Crippen LogP contribution in [0, 0.1) is 0 Å². The predicted octanol–water partition coefficient (Wildman–Crippen LogP) is 2.36. The third-order valence-electron chi connectivity index (χ3n) is 1.55. The van der Waals surface area contributed by atoms with Gasteiger partial charge >= 0.3 is 0 Å². The third kappa shape index (κ3) is 1.05. The van der Waals surface area contributed by atoms with Crippen LogP contribution in [0.25, 0.3) is 16.3 Å². The van der Waals surface area contributed by atoms with Gasteiger partial charge in [0, 0.05) is 12.1 Å². The summed E-state index contributed by atoms with van der Waals surface area (Å²) in [6.45, 7) is 3.71. The number of hydrogen-bond donors (Lipinski definition) is 0. The van der Waals surface area contributed by atoms with Gasteiger partial charge in [-0.15, -0.1) is 0 Å². The standard InChI is InChI=1S/C9H7NS/c1-2-9-10-7-5-3-4-6-8(7)11-9/h2-6H,1H2/p+1. The number of nitrogens with one attached hydrogen (secondary N) is 1. The second kappa shape index (κ2) is 2.47. The fourth-order valence-electron chi connectivity index (χ4n) is 1.03. The number of thiazole rings is 1. The van der Waals surface area contributed by atoms with E-state index in [0.717, 1.165) is 5.01 Å². The Bertz CT molecular complexity index is 356. The first-order valence-electron chi connectivity index (χ1n) is 3.43. The summed E-state index contributed by atoms with van der Waals surface area (Å²) < 4.78 is 1.28. The molecule has 0 saturated heterocycles. The van der Waals surface area contributed by atoms with Crippen LogP contribution in [0.15, 0.2) is 30.8 Å². The number of fused-ring (bicyclic) bond motifs is 1. The maximum Gasteiger partial charge on any atom is 0.260 e. The van der Waals surface area contributed by atoms with Gasteiger partial charge in [0.25, 0.3) is 5.01 Å². The minimum Gasteiger partial charge on any atom is -0.195 e. The molecule has 0 aliphatic carbocycles. The molecule has 0 spiro atoms. The summed E-state index contributed by atoms with van der Waals surface area (Å²) in [6, 6.07) is 8.24. The normalized spacial score (nSPS) is 10.2. The van der Waals surface area contributed by atoms with Gasteiger partial charge in [0.05, 0.1) is 0 Å². The predicted molar refractivity (Wildman–Crippen MR) is 48.5 cm³/mol. The highest BCUT2D eigenvalue weighted by atomic mass is 32.1. The molecule has 0 saturated carbocycles. The minimum absolute atomic E-state index is 1.12. The maximum atomic E-state index is 3.71. The summed E-state index contributed by atoms with van der Waals surface area (Å²) in [5.41, 5.74) is 1.19. The average molecular weight is 162 g/mol. The van der Waals surface area contributed by atoms with Gasteiger partial charge in [0.15, 0.2) is 0 Å². The zero-order valence-corrected chi connectivity index (χ0v) is 6.82. The maximum absolute atomic E-state index is 3.71. The van der Waals surface area contributed by atoms with Gasteiger partial charge in [-0.05, 0) is 6.07 Å². The summed E-state index contributed by atoms with van der Waals surface area (Å²) in [7, 11) is 0. The Hall–Kier alpha value is -1.15. The van der Waals surface area contributed by atoms with Crippen LogP contribution in [0.3, 0.4) is 0 Å². The summed E-state index contributed by atoms with van der Waals surface area (Å²) in [5, 5.41) is 1.12. The van der Waals surface area contributed by atoms with Crippen LogP contribution in [0.4, 0.5) is 0 Å². The summed E-state index contributed by atoms with van der Waals surface area (Å²) >= 11 is 1.72. The van der Waals surface area contributed by atoms with Crippen molar-refractivity contribution in [2.24, 2.45) is 0 Å². The monoisotopic (exact) mass is 162 g/mol. The highest BCUT2D eigenvalue weighted by molar-refractivity contribution is 7.18. The molecule has 0 aliphatic rings. The fraction of sp³-hybridized carbons (Fsp3) is 0. The number of H-pyrrole nitrogens is 1. The van der Waals surface area contributed by atoms with Gasteiger partial charge in [-0.25, -0.2) is 0 Å². The lowest BCUT2D eigenvalue weighted by Crippen LogP contribution is -1.99. The molecule has 0 amide bonds. The van der Waals surface area contributed by atoms with Crippen molar-refractivity contribution in [2.45, 2.75) is 0 Å². The first-order valence-corrected chi connectivity index (χ1v) is 4.25. The molecular formula is C9H8NS+. The van der Waals surface area contributed by atoms with E-state index >= 15 is 0 Å². The summed E-state index contributed by atoms with van der Waals surface area (Å²) in [6.07, 6.45) is 1.84. The lowest BCUT2D eigenvalue weighted by atomic mass is 10.3. The van der Waals surface area contributed by atoms with E-state index in [0.29, 0.717) is 0 Å². The Morgan fingerprint density at radius 2 is 2.18 bits per heavy atom. The van der Waals surface area contributed by atoms with Crippen LogP contribution in [0.1, 0.15) is 5.01 Å². The van der Waals surface area contributed by atoms with Gasteiger partial charge < -0.3 is 0 Å². The Morgan fingerprint density at radius 1 is 1.36 bits per heavy atom. The van der Waals surface area contributed by atoms with Crippen molar-refractivity contribution in [3.8, 4) is 0 Å². The van der Waals surface area contributed by atoms with Crippen molar-refractivity contribution in [1.82, 2.24) is 0 Å². The average Bonchev–Trinajstić information content (AvgIpc) is 2.46. The fourth-order valence-corrected chi connectivity index (χ4v) is 1.89. The van der Waals surface area contributed by atoms with Gasteiger partial charge in [-0.3, -0.25) is 0 Å². The Balaban J connectivity index is 2.78. The first kappa shape index (κ1) is 6.55. The van der Waals surface area contributed by atoms with Crippen LogP contribution in [-0.2, 0) is 0 Å². The first-order chi connectivity index (χ1) is 5.40. The summed E-state index contributed by atoms with van der Waals surface area (Å²) in [4.78, 5) is 3.25. The zero-order valence-electron chi connectivity index (χ0n) is 6.00. The molecule has 0 aliphatic heterocycles. The Labute approximate surface area is 69.0 Å².